The lowest BCUT2D eigenvalue weighted by atomic mass is 9.76. The van der Waals surface area contributed by atoms with Crippen LogP contribution in [0.2, 0.25) is 0 Å². The molecule has 2 aromatic carbocycles. The van der Waals surface area contributed by atoms with Gasteiger partial charge in [-0.25, -0.2) is 0 Å². The normalized spacial score (nSPS) is 25.3. The number of benzene rings is 2. The van der Waals surface area contributed by atoms with E-state index < -0.39 is 0 Å². The highest BCUT2D eigenvalue weighted by molar-refractivity contribution is 5.82. The molecule has 4 nitrogen and oxygen atoms in total. The molecule has 0 fully saturated rings. The molecule has 0 saturated carbocycles. The number of ether oxygens (including phenoxy) is 1. The minimum atomic E-state index is -0.240. The lowest BCUT2D eigenvalue weighted by Crippen LogP contribution is -2.48. The van der Waals surface area contributed by atoms with Crippen LogP contribution in [0.5, 0.6) is 11.5 Å². The zero-order valence-corrected chi connectivity index (χ0v) is 12.8. The molecule has 1 N–H and O–H groups in total. The predicted molar refractivity (Wildman–Crippen MR) is 84.7 cm³/mol. The molecular formula is C18H19NO3. The molecule has 22 heavy (non-hydrogen) atoms. The van der Waals surface area contributed by atoms with E-state index in [1.54, 1.807) is 20.2 Å². The van der Waals surface area contributed by atoms with Gasteiger partial charge in [0, 0.05) is 24.0 Å². The van der Waals surface area contributed by atoms with Gasteiger partial charge in [-0.3, -0.25) is 0 Å². The number of fused-ring (bicyclic) bond motifs is 2. The van der Waals surface area contributed by atoms with Gasteiger partial charge in [-0.15, -0.1) is 0 Å². The summed E-state index contributed by atoms with van der Waals surface area (Å²) in [6.07, 6.45) is 1.45. The third-order valence-electron chi connectivity index (χ3n) is 5.14. The van der Waals surface area contributed by atoms with Crippen LogP contribution in [0.15, 0.2) is 30.3 Å². The summed E-state index contributed by atoms with van der Waals surface area (Å²) in [5.41, 5.74) is 5.19. The van der Waals surface area contributed by atoms with Gasteiger partial charge in [-0.05, 0) is 22.8 Å². The standard InChI is InChI=1S/C18H19NO3/c1-19(21)9-8-11-4-3-5-13-16(11)14(19)10-12-6-7-15(22-2)18(20)17(12)13/h3-7,14,20H,8-10H2,1-2H3. The van der Waals surface area contributed by atoms with E-state index in [0.717, 1.165) is 28.7 Å². The number of phenolic OH excluding ortho intramolecular Hbond substituents is 1. The largest absolute Gasteiger partial charge is 0.633 e. The highest BCUT2D eigenvalue weighted by Crippen LogP contribution is 2.51. The van der Waals surface area contributed by atoms with Crippen LogP contribution in [0.25, 0.3) is 11.1 Å². The van der Waals surface area contributed by atoms with Crippen LogP contribution >= 0.6 is 0 Å². The zero-order chi connectivity index (χ0) is 15.5. The minimum Gasteiger partial charge on any atom is -0.633 e. The van der Waals surface area contributed by atoms with Crippen LogP contribution in [0.1, 0.15) is 22.7 Å². The van der Waals surface area contributed by atoms with Crippen LogP contribution < -0.4 is 4.74 Å². The number of likely N-dealkylation sites (N-methyl/N-ethyl adjacent to an activating group) is 1. The fraction of sp³-hybridized carbons (Fsp3) is 0.333. The van der Waals surface area contributed by atoms with Crippen LogP contribution in [0.4, 0.5) is 0 Å². The molecule has 2 aliphatic rings. The molecule has 2 aromatic rings. The second-order valence-corrected chi connectivity index (χ2v) is 6.40. The van der Waals surface area contributed by atoms with Crippen molar-refractivity contribution in [1.82, 2.24) is 0 Å². The SMILES string of the molecule is COc1ccc2c(c1O)-c1cccc3c1C(C2)[N+](C)([O-])CC3. The van der Waals surface area contributed by atoms with E-state index in [2.05, 4.69) is 6.07 Å². The molecule has 0 radical (unpaired) electrons. The summed E-state index contributed by atoms with van der Waals surface area (Å²) in [6.45, 7) is 0.610. The van der Waals surface area contributed by atoms with Gasteiger partial charge in [0.05, 0.1) is 20.7 Å². The zero-order valence-electron chi connectivity index (χ0n) is 12.8. The Kier molecular flexibility index (Phi) is 2.77. The molecule has 4 heteroatoms. The van der Waals surface area contributed by atoms with Crippen LogP contribution in [0, 0.1) is 5.21 Å². The number of aromatic hydroxyl groups is 1. The number of methoxy groups -OCH3 is 1. The molecule has 0 bridgehead atoms. The summed E-state index contributed by atoms with van der Waals surface area (Å²) in [4.78, 5) is 0. The maximum Gasteiger partial charge on any atom is 0.165 e. The highest BCUT2D eigenvalue weighted by atomic mass is 16.5. The molecule has 0 amide bonds. The molecule has 2 unspecified atom stereocenters. The quantitative estimate of drug-likeness (QED) is 0.650. The number of hydrogen-bond acceptors (Lipinski definition) is 3. The molecule has 0 spiro atoms. The number of hydroxylamine groups is 3. The summed E-state index contributed by atoms with van der Waals surface area (Å²) in [5.74, 6) is 0.655. The Morgan fingerprint density at radius 3 is 2.82 bits per heavy atom. The number of rotatable bonds is 1. The molecule has 1 heterocycles. The first kappa shape index (κ1) is 13.6. The van der Waals surface area contributed by atoms with Crippen molar-refractivity contribution in [1.29, 1.82) is 0 Å². The van der Waals surface area contributed by atoms with Crippen molar-refractivity contribution in [2.24, 2.45) is 0 Å². The van der Waals surface area contributed by atoms with Crippen molar-refractivity contribution in [3.8, 4) is 22.6 Å². The van der Waals surface area contributed by atoms with E-state index in [9.17, 15) is 10.3 Å². The molecule has 4 rings (SSSR count). The smallest absolute Gasteiger partial charge is 0.165 e. The lowest BCUT2D eigenvalue weighted by Gasteiger charge is -2.51. The molecular weight excluding hydrogens is 278 g/mol. The molecule has 1 aliphatic heterocycles. The Morgan fingerprint density at radius 1 is 1.23 bits per heavy atom. The van der Waals surface area contributed by atoms with E-state index in [0.29, 0.717) is 18.7 Å². The first-order chi connectivity index (χ1) is 10.5. The Labute approximate surface area is 129 Å². The summed E-state index contributed by atoms with van der Waals surface area (Å²) < 4.78 is 5.01. The highest BCUT2D eigenvalue weighted by Gasteiger charge is 2.39. The predicted octanol–water partition coefficient (Wildman–Crippen LogP) is 3.17. The topological polar surface area (TPSA) is 52.5 Å². The Balaban J connectivity index is 2.03. The summed E-state index contributed by atoms with van der Waals surface area (Å²) in [7, 11) is 3.32. The third-order valence-corrected chi connectivity index (χ3v) is 5.14. The van der Waals surface area contributed by atoms with Gasteiger partial charge in [0.2, 0.25) is 0 Å². The first-order valence-corrected chi connectivity index (χ1v) is 7.60. The van der Waals surface area contributed by atoms with E-state index in [1.807, 2.05) is 18.2 Å². The van der Waals surface area contributed by atoms with Gasteiger partial charge in [-0.2, -0.15) is 0 Å². The summed E-state index contributed by atoms with van der Waals surface area (Å²) >= 11 is 0. The second-order valence-electron chi connectivity index (χ2n) is 6.40. The van der Waals surface area contributed by atoms with Gasteiger partial charge >= 0.3 is 0 Å². The lowest BCUT2D eigenvalue weighted by molar-refractivity contribution is -0.894. The maximum absolute atomic E-state index is 12.9. The van der Waals surface area contributed by atoms with Crippen LogP contribution in [-0.2, 0) is 12.8 Å². The van der Waals surface area contributed by atoms with E-state index in [-0.39, 0.29) is 16.4 Å². The van der Waals surface area contributed by atoms with Crippen molar-refractivity contribution in [3.63, 3.8) is 0 Å². The van der Waals surface area contributed by atoms with Gasteiger partial charge in [0.15, 0.2) is 11.5 Å². The van der Waals surface area contributed by atoms with Crippen molar-refractivity contribution in [3.05, 3.63) is 52.2 Å². The molecule has 0 saturated heterocycles. The average molecular weight is 297 g/mol. The molecule has 114 valence electrons. The molecule has 2 atom stereocenters. The Hall–Kier alpha value is -2.04. The summed E-state index contributed by atoms with van der Waals surface area (Å²) in [6, 6.07) is 9.79. The van der Waals surface area contributed by atoms with Crippen molar-refractivity contribution in [2.45, 2.75) is 18.9 Å². The minimum absolute atomic E-state index is 0.0831. The molecule has 0 aromatic heterocycles. The van der Waals surface area contributed by atoms with Gasteiger partial charge in [-0.1, -0.05) is 24.3 Å². The number of nitrogens with zero attached hydrogens (tertiary/aromatic N) is 1. The Morgan fingerprint density at radius 2 is 2.05 bits per heavy atom. The van der Waals surface area contributed by atoms with Crippen molar-refractivity contribution in [2.75, 3.05) is 20.7 Å². The van der Waals surface area contributed by atoms with Gasteiger partial charge in [0.25, 0.3) is 0 Å². The Bertz CT molecular complexity index is 767. The first-order valence-electron chi connectivity index (χ1n) is 7.60. The molecule has 1 aliphatic carbocycles. The van der Waals surface area contributed by atoms with Gasteiger partial charge < -0.3 is 19.7 Å². The van der Waals surface area contributed by atoms with E-state index >= 15 is 0 Å². The van der Waals surface area contributed by atoms with Crippen LogP contribution in [0.3, 0.4) is 0 Å². The number of phenols is 1. The number of hydrogen-bond donors (Lipinski definition) is 1. The second kappa shape index (κ2) is 4.48. The van der Waals surface area contributed by atoms with E-state index in [1.165, 1.54) is 5.56 Å². The van der Waals surface area contributed by atoms with E-state index in [4.69, 9.17) is 4.74 Å². The van der Waals surface area contributed by atoms with Crippen LogP contribution in [-0.4, -0.2) is 30.5 Å². The summed E-state index contributed by atoms with van der Waals surface area (Å²) in [5, 5.41) is 23.5. The van der Waals surface area contributed by atoms with Crippen molar-refractivity contribution < 1.29 is 14.5 Å². The van der Waals surface area contributed by atoms with Gasteiger partial charge in [0.1, 0.15) is 6.04 Å². The average Bonchev–Trinajstić information content (AvgIpc) is 2.51. The maximum atomic E-state index is 12.9. The van der Waals surface area contributed by atoms with Crippen molar-refractivity contribution >= 4 is 0 Å². The number of quaternary nitrogens is 1. The fourth-order valence-corrected chi connectivity index (χ4v) is 3.97. The fourth-order valence-electron chi connectivity index (χ4n) is 3.97. The third kappa shape index (κ3) is 1.71. The monoisotopic (exact) mass is 297 g/mol.